The number of likely N-dealkylation sites (N-methyl/N-ethyl adjacent to an activating group) is 1. The molecular formula is C19H32NNaO3+2. The maximum absolute atomic E-state index is 11.0. The van der Waals surface area contributed by atoms with Crippen LogP contribution in [-0.2, 0) is 11.2 Å². The number of aromatic hydroxyl groups is 1. The van der Waals surface area contributed by atoms with E-state index in [0.29, 0.717) is 5.69 Å². The number of carboxylic acids is 1. The Morgan fingerprint density at radius 3 is 2.21 bits per heavy atom. The minimum Gasteiger partial charge on any atom is -0.503 e. The van der Waals surface area contributed by atoms with Crippen LogP contribution in [0.25, 0.3) is 0 Å². The number of phenolic OH excluding ortho intramolecular Hbond substituents is 1. The summed E-state index contributed by atoms with van der Waals surface area (Å²) in [5, 5.41) is 19.1. The van der Waals surface area contributed by atoms with E-state index in [9.17, 15) is 9.90 Å². The van der Waals surface area contributed by atoms with Crippen molar-refractivity contribution in [1.29, 1.82) is 0 Å². The molecule has 0 amide bonds. The standard InChI is InChI=1S/C19H31NO3.Na/c1-4-5-6-7-8-9-10-11-16-12-13-18(21)17(14-16)20(2,3)15-19(22)23;/h12-14H,4-11,15H2,1-3H3,(H-,21,22,23);/q;+1/p+1. The number of nitrogens with zero attached hydrogens (tertiary/aromatic N) is 1. The predicted octanol–water partition coefficient (Wildman–Crippen LogP) is 1.34. The maximum atomic E-state index is 11.0. The number of hydrogen-bond donors (Lipinski definition) is 2. The van der Waals surface area contributed by atoms with E-state index in [-0.39, 0.29) is 46.3 Å². The van der Waals surface area contributed by atoms with Gasteiger partial charge < -0.3 is 10.2 Å². The van der Waals surface area contributed by atoms with Crippen LogP contribution in [0.2, 0.25) is 0 Å². The number of rotatable bonds is 11. The molecule has 0 aliphatic heterocycles. The van der Waals surface area contributed by atoms with Crippen molar-refractivity contribution in [3.05, 3.63) is 23.8 Å². The molecule has 130 valence electrons. The average Bonchev–Trinajstić information content (AvgIpc) is 2.46. The third-order valence-electron chi connectivity index (χ3n) is 4.29. The molecule has 0 aliphatic carbocycles. The molecule has 0 spiro atoms. The molecule has 0 bridgehead atoms. The minimum atomic E-state index is -0.869. The number of carbonyl (C=O) groups is 1. The summed E-state index contributed by atoms with van der Waals surface area (Å²) in [5.74, 6) is -0.702. The fourth-order valence-corrected chi connectivity index (χ4v) is 2.92. The number of quaternary nitrogens is 1. The minimum absolute atomic E-state index is 0. The van der Waals surface area contributed by atoms with Gasteiger partial charge in [0.1, 0.15) is 0 Å². The summed E-state index contributed by atoms with van der Waals surface area (Å²) in [6.45, 7) is 2.18. The van der Waals surface area contributed by atoms with Crippen molar-refractivity contribution in [2.24, 2.45) is 0 Å². The van der Waals surface area contributed by atoms with Crippen molar-refractivity contribution in [1.82, 2.24) is 4.48 Å². The van der Waals surface area contributed by atoms with Crippen LogP contribution in [-0.4, -0.2) is 36.8 Å². The van der Waals surface area contributed by atoms with Crippen molar-refractivity contribution in [2.45, 2.75) is 58.3 Å². The molecule has 4 nitrogen and oxygen atoms in total. The van der Waals surface area contributed by atoms with Crippen LogP contribution in [0.3, 0.4) is 0 Å². The molecular weight excluding hydrogens is 313 g/mol. The first-order valence-corrected chi connectivity index (χ1v) is 8.74. The van der Waals surface area contributed by atoms with Crippen LogP contribution in [0.1, 0.15) is 57.4 Å². The van der Waals surface area contributed by atoms with E-state index in [1.165, 1.54) is 44.1 Å². The first-order valence-electron chi connectivity index (χ1n) is 8.74. The predicted molar refractivity (Wildman–Crippen MR) is 95.9 cm³/mol. The Bertz CT molecular complexity index is 503. The van der Waals surface area contributed by atoms with E-state index >= 15 is 0 Å². The molecule has 0 heterocycles. The molecule has 0 atom stereocenters. The van der Waals surface area contributed by atoms with Gasteiger partial charge in [-0.2, -0.15) is 0 Å². The largest absolute Gasteiger partial charge is 1.00 e. The maximum Gasteiger partial charge on any atom is 1.00 e. The van der Waals surface area contributed by atoms with Crippen molar-refractivity contribution in [2.75, 3.05) is 20.6 Å². The van der Waals surface area contributed by atoms with Gasteiger partial charge in [-0.05, 0) is 24.5 Å². The van der Waals surface area contributed by atoms with Crippen LogP contribution < -0.4 is 34.0 Å². The van der Waals surface area contributed by atoms with Crippen LogP contribution in [0, 0.1) is 0 Å². The number of hydrogen-bond acceptors (Lipinski definition) is 2. The van der Waals surface area contributed by atoms with E-state index in [1.54, 1.807) is 20.2 Å². The molecule has 0 saturated carbocycles. The SMILES string of the molecule is CCCCCCCCCc1ccc(O)c([N+](C)(C)CC(=O)O)c1.[Na+]. The summed E-state index contributed by atoms with van der Waals surface area (Å²) in [6.07, 6.45) is 9.89. The van der Waals surface area contributed by atoms with Crippen molar-refractivity contribution in [3.63, 3.8) is 0 Å². The number of benzene rings is 1. The molecule has 24 heavy (non-hydrogen) atoms. The quantitative estimate of drug-likeness (QED) is 0.361. The zero-order valence-electron chi connectivity index (χ0n) is 15.8. The van der Waals surface area contributed by atoms with Crippen molar-refractivity contribution >= 4 is 11.7 Å². The van der Waals surface area contributed by atoms with Gasteiger partial charge in [0.15, 0.2) is 18.0 Å². The number of aliphatic carboxylic acids is 1. The van der Waals surface area contributed by atoms with Crippen LogP contribution in [0.4, 0.5) is 5.69 Å². The fourth-order valence-electron chi connectivity index (χ4n) is 2.92. The van der Waals surface area contributed by atoms with Crippen LogP contribution in [0.15, 0.2) is 18.2 Å². The second kappa shape index (κ2) is 11.9. The van der Waals surface area contributed by atoms with Gasteiger partial charge in [-0.1, -0.05) is 51.5 Å². The molecule has 0 aliphatic rings. The van der Waals surface area contributed by atoms with E-state index in [4.69, 9.17) is 5.11 Å². The summed E-state index contributed by atoms with van der Waals surface area (Å²) in [7, 11) is 3.61. The van der Waals surface area contributed by atoms with Gasteiger partial charge in [0.05, 0.1) is 14.1 Å². The van der Waals surface area contributed by atoms with Gasteiger partial charge in [0.25, 0.3) is 0 Å². The second-order valence-electron chi connectivity index (χ2n) is 6.93. The molecule has 0 saturated heterocycles. The Morgan fingerprint density at radius 2 is 1.62 bits per heavy atom. The Labute approximate surface area is 168 Å². The topological polar surface area (TPSA) is 57.5 Å². The van der Waals surface area contributed by atoms with E-state index < -0.39 is 5.97 Å². The van der Waals surface area contributed by atoms with Crippen LogP contribution in [0.5, 0.6) is 5.75 Å². The molecule has 1 aromatic carbocycles. The normalized spacial score (nSPS) is 11.1. The summed E-state index contributed by atoms with van der Waals surface area (Å²) in [5.41, 5.74) is 1.84. The summed E-state index contributed by atoms with van der Waals surface area (Å²) >= 11 is 0. The van der Waals surface area contributed by atoms with Crippen LogP contribution >= 0.6 is 0 Å². The van der Waals surface area contributed by atoms with Gasteiger partial charge in [-0.15, -0.1) is 0 Å². The Balaban J connectivity index is 0.00000529. The molecule has 0 radical (unpaired) electrons. The number of unbranched alkanes of at least 4 members (excludes halogenated alkanes) is 6. The molecule has 0 fully saturated rings. The van der Waals surface area contributed by atoms with Gasteiger partial charge in [0, 0.05) is 6.07 Å². The average molecular weight is 345 g/mol. The van der Waals surface area contributed by atoms with Gasteiger partial charge in [-0.25, -0.2) is 4.79 Å². The van der Waals surface area contributed by atoms with Gasteiger partial charge >= 0.3 is 35.5 Å². The second-order valence-corrected chi connectivity index (χ2v) is 6.93. The number of aryl methyl sites for hydroxylation is 1. The third-order valence-corrected chi connectivity index (χ3v) is 4.29. The smallest absolute Gasteiger partial charge is 0.503 e. The Kier molecular flexibility index (Phi) is 11.6. The summed E-state index contributed by atoms with van der Waals surface area (Å²) in [4.78, 5) is 11.0. The third kappa shape index (κ3) is 8.52. The zero-order chi connectivity index (χ0) is 17.3. The van der Waals surface area contributed by atoms with Gasteiger partial charge in [-0.3, -0.25) is 4.48 Å². The summed E-state index contributed by atoms with van der Waals surface area (Å²) in [6, 6.07) is 5.58. The molecule has 5 heteroatoms. The van der Waals surface area contributed by atoms with E-state index in [0.717, 1.165) is 12.8 Å². The van der Waals surface area contributed by atoms with Gasteiger partial charge in [0.2, 0.25) is 0 Å². The number of phenols is 1. The summed E-state index contributed by atoms with van der Waals surface area (Å²) < 4.78 is 0.145. The molecule has 0 aromatic heterocycles. The fraction of sp³-hybridized carbons (Fsp3) is 0.632. The van der Waals surface area contributed by atoms with E-state index in [2.05, 4.69) is 6.92 Å². The van der Waals surface area contributed by atoms with Crippen molar-refractivity contribution < 1.29 is 44.6 Å². The van der Waals surface area contributed by atoms with E-state index in [1.807, 2.05) is 12.1 Å². The molecule has 0 unspecified atom stereocenters. The Hall–Kier alpha value is -0.550. The molecule has 1 rings (SSSR count). The zero-order valence-corrected chi connectivity index (χ0v) is 17.8. The first kappa shape index (κ1) is 23.4. The molecule has 2 N–H and O–H groups in total. The molecule has 1 aromatic rings. The Morgan fingerprint density at radius 1 is 1.04 bits per heavy atom. The number of carboxylic acid groups (broad SMARTS) is 1. The monoisotopic (exact) mass is 345 g/mol. The first-order chi connectivity index (χ1) is 10.9. The van der Waals surface area contributed by atoms with Crippen molar-refractivity contribution in [3.8, 4) is 5.75 Å².